The largest absolute Gasteiger partial charge is 0.486 e. The molecule has 0 aliphatic rings. The van der Waals surface area contributed by atoms with Crippen LogP contribution in [0, 0.1) is 0 Å². The first-order valence-corrected chi connectivity index (χ1v) is 12.9. The van der Waals surface area contributed by atoms with Gasteiger partial charge in [0.1, 0.15) is 11.9 Å². The number of fused-ring (bicyclic) bond motifs is 1. The first-order chi connectivity index (χ1) is 15.7. The van der Waals surface area contributed by atoms with Gasteiger partial charge in [0.05, 0.1) is 26.9 Å². The molecule has 11 heteroatoms. The van der Waals surface area contributed by atoms with Gasteiger partial charge in [-0.2, -0.15) is 9.46 Å². The fourth-order valence-electron chi connectivity index (χ4n) is 3.15. The van der Waals surface area contributed by atoms with E-state index in [2.05, 4.69) is 29.7 Å². The number of ether oxygens (including phenoxy) is 1. The Morgan fingerprint density at radius 2 is 1.85 bits per heavy atom. The number of nitrogens with one attached hydrogen (secondary N) is 1. The molecule has 0 aliphatic carbocycles. The minimum Gasteiger partial charge on any atom is -0.486 e. The van der Waals surface area contributed by atoms with Crippen LogP contribution in [0.3, 0.4) is 0 Å². The van der Waals surface area contributed by atoms with Crippen LogP contribution in [0.2, 0.25) is 10.0 Å². The van der Waals surface area contributed by atoms with Gasteiger partial charge in [-0.15, -0.1) is 10.2 Å². The van der Waals surface area contributed by atoms with E-state index in [9.17, 15) is 4.21 Å². The van der Waals surface area contributed by atoms with Crippen molar-refractivity contribution < 1.29 is 8.95 Å². The van der Waals surface area contributed by atoms with E-state index in [0.717, 1.165) is 10.9 Å². The average Bonchev–Trinajstić information content (AvgIpc) is 3.14. The number of rotatable bonds is 6. The van der Waals surface area contributed by atoms with E-state index >= 15 is 0 Å². The number of aromatic amines is 1. The summed E-state index contributed by atoms with van der Waals surface area (Å²) in [5, 5.41) is 17.2. The highest BCUT2D eigenvalue weighted by atomic mass is 35.5. The van der Waals surface area contributed by atoms with Crippen LogP contribution in [0.25, 0.3) is 23.1 Å². The molecule has 0 aliphatic heterocycles. The van der Waals surface area contributed by atoms with Crippen molar-refractivity contribution in [2.45, 2.75) is 13.0 Å². The third-order valence-electron chi connectivity index (χ3n) is 4.57. The van der Waals surface area contributed by atoms with E-state index in [1.165, 1.54) is 12.4 Å². The van der Waals surface area contributed by atoms with Crippen LogP contribution in [0.5, 0.6) is 5.75 Å². The van der Waals surface area contributed by atoms with E-state index < -0.39 is 9.73 Å². The van der Waals surface area contributed by atoms with Crippen LogP contribution in [-0.2, 0) is 9.73 Å². The number of hydrogen-bond donors (Lipinski definition) is 1. The van der Waals surface area contributed by atoms with Gasteiger partial charge in [-0.05, 0) is 49.4 Å². The van der Waals surface area contributed by atoms with Crippen LogP contribution < -0.4 is 4.74 Å². The molecule has 4 aromatic rings. The van der Waals surface area contributed by atoms with Crippen molar-refractivity contribution in [1.29, 1.82) is 0 Å². The Labute approximate surface area is 201 Å². The molecule has 8 nitrogen and oxygen atoms in total. The summed E-state index contributed by atoms with van der Waals surface area (Å²) >= 11 is 12.5. The molecule has 33 heavy (non-hydrogen) atoms. The Morgan fingerprint density at radius 3 is 2.52 bits per heavy atom. The lowest BCUT2D eigenvalue weighted by Gasteiger charge is -2.17. The molecule has 0 radical (unpaired) electrons. The zero-order chi connectivity index (χ0) is 23.6. The molecule has 1 atom stereocenters. The molecule has 170 valence electrons. The Balaban J connectivity index is 1.56. The quantitative estimate of drug-likeness (QED) is 0.361. The van der Waals surface area contributed by atoms with Crippen molar-refractivity contribution in [1.82, 2.24) is 25.4 Å². The summed E-state index contributed by atoms with van der Waals surface area (Å²) in [6, 6.07) is 9.05. The van der Waals surface area contributed by atoms with E-state index in [1.807, 2.05) is 31.2 Å². The molecule has 0 fully saturated rings. The number of aromatic nitrogens is 5. The fraction of sp³-hybridized carbons (Fsp3) is 0.182. The van der Waals surface area contributed by atoms with E-state index in [1.54, 1.807) is 30.7 Å². The normalized spacial score (nSPS) is 12.9. The van der Waals surface area contributed by atoms with Gasteiger partial charge in [-0.3, -0.25) is 10.1 Å². The first-order valence-electron chi connectivity index (χ1n) is 9.82. The molecule has 0 amide bonds. The topological polar surface area (TPSA) is 106 Å². The Kier molecular flexibility index (Phi) is 6.64. The second kappa shape index (κ2) is 9.46. The zero-order valence-corrected chi connectivity index (χ0v) is 20.3. The third-order valence-corrected chi connectivity index (χ3v) is 5.80. The highest BCUT2D eigenvalue weighted by molar-refractivity contribution is 7.92. The first kappa shape index (κ1) is 23.2. The second-order valence-corrected chi connectivity index (χ2v) is 10.9. The molecule has 0 bridgehead atoms. The molecule has 1 unspecified atom stereocenters. The van der Waals surface area contributed by atoms with Crippen LogP contribution in [-0.4, -0.2) is 42.1 Å². The predicted molar refractivity (Wildman–Crippen MR) is 132 cm³/mol. The number of benzene rings is 1. The zero-order valence-electron chi connectivity index (χ0n) is 18.0. The minimum atomic E-state index is -2.29. The highest BCUT2D eigenvalue weighted by Gasteiger charge is 2.16. The summed E-state index contributed by atoms with van der Waals surface area (Å²) in [6.07, 6.45) is 9.40. The third kappa shape index (κ3) is 5.68. The summed E-state index contributed by atoms with van der Waals surface area (Å²) in [7, 11) is -2.29. The van der Waals surface area contributed by atoms with Crippen molar-refractivity contribution in [3.05, 3.63) is 69.7 Å². The maximum absolute atomic E-state index is 11.8. The van der Waals surface area contributed by atoms with Crippen molar-refractivity contribution in [3.8, 4) is 5.75 Å². The summed E-state index contributed by atoms with van der Waals surface area (Å²) in [5.74, 6) is 0.973. The minimum absolute atomic E-state index is 0.331. The van der Waals surface area contributed by atoms with E-state index in [0.29, 0.717) is 38.6 Å². The van der Waals surface area contributed by atoms with Gasteiger partial charge < -0.3 is 4.74 Å². The van der Waals surface area contributed by atoms with Crippen molar-refractivity contribution >= 4 is 61.8 Å². The van der Waals surface area contributed by atoms with Crippen LogP contribution >= 0.6 is 23.2 Å². The monoisotopic (exact) mass is 502 g/mol. The Hall–Kier alpha value is -3.01. The van der Waals surface area contributed by atoms with Gasteiger partial charge in [0.15, 0.2) is 5.82 Å². The van der Waals surface area contributed by atoms with Crippen LogP contribution in [0.15, 0.2) is 47.1 Å². The molecular formula is C22H20Cl2N6O2S. The summed E-state index contributed by atoms with van der Waals surface area (Å²) in [5.41, 5.74) is 2.86. The Bertz CT molecular complexity index is 1430. The van der Waals surface area contributed by atoms with E-state index in [-0.39, 0.29) is 6.10 Å². The van der Waals surface area contributed by atoms with Gasteiger partial charge >= 0.3 is 0 Å². The van der Waals surface area contributed by atoms with Crippen LogP contribution in [0.4, 0.5) is 5.82 Å². The second-order valence-electron chi connectivity index (χ2n) is 7.52. The number of hydrogen-bond acceptors (Lipinski definition) is 7. The molecule has 4 rings (SSSR count). The lowest BCUT2D eigenvalue weighted by molar-refractivity contribution is 0.227. The number of H-pyrrole nitrogens is 1. The molecule has 3 heterocycles. The summed E-state index contributed by atoms with van der Waals surface area (Å²) in [4.78, 5) is 3.98. The van der Waals surface area contributed by atoms with Crippen molar-refractivity contribution in [3.63, 3.8) is 0 Å². The summed E-state index contributed by atoms with van der Waals surface area (Å²) < 4.78 is 21.9. The number of nitrogens with zero attached hydrogens (tertiary/aromatic N) is 5. The fourth-order valence-corrected chi connectivity index (χ4v) is 4.37. The van der Waals surface area contributed by atoms with E-state index in [4.69, 9.17) is 27.9 Å². The van der Waals surface area contributed by atoms with Crippen molar-refractivity contribution in [2.24, 2.45) is 4.36 Å². The number of halogens is 2. The SMILES string of the molecule is CC(Oc1ccc2[nH]nc(/C=C/c3ccc(N=S(C)(C)=O)nn3)c2c1)c1c(Cl)cncc1Cl. The van der Waals surface area contributed by atoms with Gasteiger partial charge in [0.25, 0.3) is 0 Å². The molecule has 3 aromatic heterocycles. The predicted octanol–water partition coefficient (Wildman–Crippen LogP) is 5.72. The lowest BCUT2D eigenvalue weighted by Crippen LogP contribution is -2.05. The molecule has 0 spiro atoms. The molecule has 1 N–H and O–H groups in total. The van der Waals surface area contributed by atoms with Gasteiger partial charge in [-0.25, -0.2) is 4.21 Å². The smallest absolute Gasteiger partial charge is 0.183 e. The van der Waals surface area contributed by atoms with Crippen molar-refractivity contribution in [2.75, 3.05) is 12.5 Å². The molecular weight excluding hydrogens is 483 g/mol. The number of pyridine rings is 1. The van der Waals surface area contributed by atoms with Gasteiger partial charge in [0, 0.05) is 45.6 Å². The maximum atomic E-state index is 11.8. The van der Waals surface area contributed by atoms with Gasteiger partial charge in [-0.1, -0.05) is 23.2 Å². The maximum Gasteiger partial charge on any atom is 0.183 e. The van der Waals surface area contributed by atoms with Crippen LogP contribution in [0.1, 0.15) is 30.0 Å². The Morgan fingerprint density at radius 1 is 1.09 bits per heavy atom. The van der Waals surface area contributed by atoms with Gasteiger partial charge in [0.2, 0.25) is 0 Å². The lowest BCUT2D eigenvalue weighted by atomic mass is 10.1. The average molecular weight is 503 g/mol. The summed E-state index contributed by atoms with van der Waals surface area (Å²) in [6.45, 7) is 1.87. The molecule has 0 saturated carbocycles. The standard InChI is InChI=1S/C22H20Cl2N6O2S/c1-13(22-17(23)11-25-12-18(22)24)32-15-6-8-20-16(10-15)19(27-28-20)7-4-14-5-9-21(29-26-14)30-33(2,3)31/h4-13H,1-3H3,(H,27,28)/b7-4+. The molecule has 1 aromatic carbocycles. The molecule has 0 saturated heterocycles. The highest BCUT2D eigenvalue weighted by Crippen LogP contribution is 2.33.